The third-order valence-electron chi connectivity index (χ3n) is 5.19. The van der Waals surface area contributed by atoms with E-state index in [1.807, 2.05) is 31.2 Å². The number of ether oxygens (including phenoxy) is 1. The van der Waals surface area contributed by atoms with Crippen LogP contribution in [0.4, 0.5) is 5.95 Å². The summed E-state index contributed by atoms with van der Waals surface area (Å²) in [5.41, 5.74) is 0.925. The molecule has 1 aromatic carbocycles. The highest BCUT2D eigenvalue weighted by Gasteiger charge is 2.26. The van der Waals surface area contributed by atoms with Gasteiger partial charge >= 0.3 is 0 Å². The second-order valence-corrected chi connectivity index (χ2v) is 9.05. The quantitative estimate of drug-likeness (QED) is 0.504. The van der Waals surface area contributed by atoms with Crippen molar-refractivity contribution in [3.05, 3.63) is 36.0 Å². The first-order valence-corrected chi connectivity index (χ1v) is 11.3. The zero-order valence-corrected chi connectivity index (χ0v) is 18.7. The molecule has 0 amide bonds. The van der Waals surface area contributed by atoms with Crippen LogP contribution in [0.15, 0.2) is 33.9 Å². The van der Waals surface area contributed by atoms with Crippen molar-refractivity contribution in [1.82, 2.24) is 24.9 Å². The number of anilines is 1. The average molecular weight is 429 g/mol. The van der Waals surface area contributed by atoms with E-state index in [9.17, 15) is 0 Å². The molecule has 2 aromatic heterocycles. The first-order valence-electron chi connectivity index (χ1n) is 10.4. The fourth-order valence-electron chi connectivity index (χ4n) is 3.52. The van der Waals surface area contributed by atoms with Crippen LogP contribution in [0.2, 0.25) is 0 Å². The Morgan fingerprint density at radius 3 is 2.53 bits per heavy atom. The highest BCUT2D eigenvalue weighted by molar-refractivity contribution is 7.99. The van der Waals surface area contributed by atoms with E-state index >= 15 is 0 Å². The summed E-state index contributed by atoms with van der Waals surface area (Å²) in [6, 6.07) is 7.96. The topological polar surface area (TPSA) is 82.1 Å². The second kappa shape index (κ2) is 9.07. The Kier molecular flexibility index (Phi) is 6.26. The lowest BCUT2D eigenvalue weighted by atomic mass is 10.1. The van der Waals surface area contributed by atoms with Gasteiger partial charge in [0.1, 0.15) is 5.75 Å². The smallest absolute Gasteiger partial charge is 0.239 e. The van der Waals surface area contributed by atoms with Crippen LogP contribution in [-0.4, -0.2) is 45.1 Å². The van der Waals surface area contributed by atoms with Crippen molar-refractivity contribution < 1.29 is 9.26 Å². The molecule has 30 heavy (non-hydrogen) atoms. The Morgan fingerprint density at radius 1 is 1.07 bits per heavy atom. The molecule has 0 bridgehead atoms. The maximum atomic E-state index is 5.64. The summed E-state index contributed by atoms with van der Waals surface area (Å²) in [4.78, 5) is 6.85. The van der Waals surface area contributed by atoms with Crippen molar-refractivity contribution in [2.75, 3.05) is 25.1 Å². The number of benzene rings is 1. The van der Waals surface area contributed by atoms with E-state index in [4.69, 9.17) is 9.26 Å². The predicted molar refractivity (Wildman–Crippen MR) is 117 cm³/mol. The molecular formula is C21H28N6O2S. The molecule has 1 saturated heterocycles. The average Bonchev–Trinajstić information content (AvgIpc) is 3.42. The Morgan fingerprint density at radius 2 is 1.83 bits per heavy atom. The van der Waals surface area contributed by atoms with Gasteiger partial charge < -0.3 is 14.2 Å². The SMILES string of the molecule is COc1ccccc1-n1c(SC(C)c2nc(C(C)C)no2)nnc1N1CCCCC1. The second-order valence-electron chi connectivity index (χ2n) is 7.74. The van der Waals surface area contributed by atoms with Gasteiger partial charge in [-0.2, -0.15) is 4.98 Å². The van der Waals surface area contributed by atoms with Gasteiger partial charge in [0, 0.05) is 19.0 Å². The summed E-state index contributed by atoms with van der Waals surface area (Å²) in [5.74, 6) is 3.17. The summed E-state index contributed by atoms with van der Waals surface area (Å²) < 4.78 is 13.2. The van der Waals surface area contributed by atoms with E-state index < -0.39 is 0 Å². The lowest BCUT2D eigenvalue weighted by Gasteiger charge is -2.28. The molecule has 0 N–H and O–H groups in total. The van der Waals surface area contributed by atoms with Gasteiger partial charge in [-0.1, -0.05) is 42.9 Å². The highest BCUT2D eigenvalue weighted by atomic mass is 32.2. The van der Waals surface area contributed by atoms with E-state index in [1.165, 1.54) is 6.42 Å². The fourth-order valence-corrected chi connectivity index (χ4v) is 4.40. The predicted octanol–water partition coefficient (Wildman–Crippen LogP) is 4.63. The first-order chi connectivity index (χ1) is 14.6. The lowest BCUT2D eigenvalue weighted by molar-refractivity contribution is 0.373. The van der Waals surface area contributed by atoms with Gasteiger partial charge in [-0.05, 0) is 38.3 Å². The van der Waals surface area contributed by atoms with Gasteiger partial charge in [0.15, 0.2) is 11.0 Å². The Balaban J connectivity index is 1.71. The summed E-state index contributed by atoms with van der Waals surface area (Å²) in [6.45, 7) is 8.11. The first kappa shape index (κ1) is 20.7. The Bertz CT molecular complexity index is 980. The Hall–Kier alpha value is -2.55. The number of methoxy groups -OCH3 is 1. The molecule has 0 radical (unpaired) electrons. The number of hydrogen-bond acceptors (Lipinski definition) is 8. The molecule has 0 aliphatic carbocycles. The van der Waals surface area contributed by atoms with Crippen molar-refractivity contribution in [2.45, 2.75) is 56.4 Å². The van der Waals surface area contributed by atoms with Gasteiger partial charge in [-0.3, -0.25) is 4.57 Å². The standard InChI is InChI=1S/C21H28N6O2S/c1-14(2)18-22-19(29-25-18)15(3)30-21-24-23-20(26-12-8-5-9-13-26)27(21)16-10-6-7-11-17(16)28-4/h6-7,10-11,14-15H,5,8-9,12-13H2,1-4H3. The van der Waals surface area contributed by atoms with Gasteiger partial charge in [0.2, 0.25) is 11.8 Å². The minimum Gasteiger partial charge on any atom is -0.495 e. The number of thioether (sulfide) groups is 1. The van der Waals surface area contributed by atoms with E-state index in [-0.39, 0.29) is 11.2 Å². The van der Waals surface area contributed by atoms with Crippen LogP contribution in [-0.2, 0) is 0 Å². The third kappa shape index (κ3) is 4.16. The molecule has 8 nitrogen and oxygen atoms in total. The lowest BCUT2D eigenvalue weighted by Crippen LogP contribution is -2.31. The van der Waals surface area contributed by atoms with E-state index in [1.54, 1.807) is 18.9 Å². The Labute approximate surface area is 181 Å². The molecule has 0 spiro atoms. The summed E-state index contributed by atoms with van der Waals surface area (Å²) in [7, 11) is 1.69. The zero-order valence-electron chi connectivity index (χ0n) is 17.9. The van der Waals surface area contributed by atoms with Crippen LogP contribution in [0.3, 0.4) is 0 Å². The third-order valence-corrected chi connectivity index (χ3v) is 6.22. The molecule has 3 aromatic rings. The van der Waals surface area contributed by atoms with Crippen molar-refractivity contribution in [3.8, 4) is 11.4 Å². The van der Waals surface area contributed by atoms with Crippen LogP contribution >= 0.6 is 11.8 Å². The molecular weight excluding hydrogens is 400 g/mol. The van der Waals surface area contributed by atoms with Crippen molar-refractivity contribution >= 4 is 17.7 Å². The summed E-state index contributed by atoms with van der Waals surface area (Å²) >= 11 is 1.56. The number of aromatic nitrogens is 5. The van der Waals surface area contributed by atoms with Gasteiger partial charge in [0.05, 0.1) is 18.0 Å². The minimum atomic E-state index is -0.0585. The molecule has 0 saturated carbocycles. The van der Waals surface area contributed by atoms with Crippen molar-refractivity contribution in [2.24, 2.45) is 0 Å². The maximum absolute atomic E-state index is 5.64. The molecule has 3 heterocycles. The summed E-state index contributed by atoms with van der Waals surface area (Å²) in [6.07, 6.45) is 3.59. The number of nitrogens with zero attached hydrogens (tertiary/aromatic N) is 6. The van der Waals surface area contributed by atoms with Crippen LogP contribution < -0.4 is 9.64 Å². The van der Waals surface area contributed by atoms with Gasteiger partial charge in [0.25, 0.3) is 0 Å². The molecule has 1 aliphatic rings. The van der Waals surface area contributed by atoms with Gasteiger partial charge in [-0.15, -0.1) is 10.2 Å². The van der Waals surface area contributed by atoms with E-state index in [0.717, 1.165) is 54.3 Å². The molecule has 1 unspecified atom stereocenters. The van der Waals surface area contributed by atoms with Crippen LogP contribution in [0.1, 0.15) is 62.9 Å². The maximum Gasteiger partial charge on any atom is 0.239 e. The number of para-hydroxylation sites is 2. The number of rotatable bonds is 7. The highest BCUT2D eigenvalue weighted by Crippen LogP contribution is 2.38. The van der Waals surface area contributed by atoms with E-state index in [0.29, 0.717) is 5.89 Å². The largest absolute Gasteiger partial charge is 0.495 e. The normalized spacial score (nSPS) is 15.6. The van der Waals surface area contributed by atoms with Gasteiger partial charge in [-0.25, -0.2) is 0 Å². The minimum absolute atomic E-state index is 0.0585. The monoisotopic (exact) mass is 428 g/mol. The molecule has 1 atom stereocenters. The zero-order chi connectivity index (χ0) is 21.1. The van der Waals surface area contributed by atoms with E-state index in [2.05, 4.69) is 43.7 Å². The molecule has 1 aliphatic heterocycles. The van der Waals surface area contributed by atoms with Crippen molar-refractivity contribution in [3.63, 3.8) is 0 Å². The molecule has 160 valence electrons. The number of piperidine rings is 1. The molecule has 9 heteroatoms. The fraction of sp³-hybridized carbons (Fsp3) is 0.524. The molecule has 1 fully saturated rings. The summed E-state index contributed by atoms with van der Waals surface area (Å²) in [5, 5.41) is 13.9. The van der Waals surface area contributed by atoms with Crippen molar-refractivity contribution in [1.29, 1.82) is 0 Å². The van der Waals surface area contributed by atoms with Crippen LogP contribution in [0, 0.1) is 0 Å². The van der Waals surface area contributed by atoms with Crippen LogP contribution in [0.5, 0.6) is 5.75 Å². The van der Waals surface area contributed by atoms with Crippen LogP contribution in [0.25, 0.3) is 5.69 Å². The number of hydrogen-bond donors (Lipinski definition) is 0. The molecule has 4 rings (SSSR count).